The molecule has 0 aliphatic rings. The Kier molecular flexibility index (Phi) is 7.31. The van der Waals surface area contributed by atoms with E-state index >= 15 is 0 Å². The fourth-order valence-corrected chi connectivity index (χ4v) is 3.06. The number of rotatable bonds is 7. The third-order valence-corrected chi connectivity index (χ3v) is 4.56. The monoisotopic (exact) mass is 405 g/mol. The Morgan fingerprint density at radius 1 is 1.07 bits per heavy atom. The Hall–Kier alpha value is -2.96. The Balaban J connectivity index is 2.23. The minimum Gasteiger partial charge on any atom is -0.467 e. The van der Waals surface area contributed by atoms with Crippen molar-refractivity contribution in [3.63, 3.8) is 0 Å². The Bertz CT molecular complexity index is 857. The second-order valence-electron chi connectivity index (χ2n) is 7.32. The van der Waals surface area contributed by atoms with Gasteiger partial charge in [-0.05, 0) is 30.0 Å². The van der Waals surface area contributed by atoms with E-state index in [2.05, 4.69) is 5.32 Å². The van der Waals surface area contributed by atoms with Crippen LogP contribution in [0.4, 0.5) is 13.6 Å². The highest BCUT2D eigenvalue weighted by Crippen LogP contribution is 2.26. The molecule has 5 nitrogen and oxygen atoms in total. The zero-order valence-corrected chi connectivity index (χ0v) is 16.9. The second kappa shape index (κ2) is 9.49. The van der Waals surface area contributed by atoms with Crippen molar-refractivity contribution in [3.05, 3.63) is 71.3 Å². The molecule has 0 spiro atoms. The van der Waals surface area contributed by atoms with E-state index in [9.17, 15) is 18.4 Å². The van der Waals surface area contributed by atoms with Crippen molar-refractivity contribution >= 4 is 12.1 Å². The molecule has 2 atom stereocenters. The van der Waals surface area contributed by atoms with Crippen LogP contribution in [0.15, 0.2) is 48.5 Å². The van der Waals surface area contributed by atoms with Gasteiger partial charge < -0.3 is 14.8 Å². The maximum atomic E-state index is 14.1. The van der Waals surface area contributed by atoms with Gasteiger partial charge in [0, 0.05) is 6.42 Å². The molecule has 0 saturated carbocycles. The van der Waals surface area contributed by atoms with E-state index in [1.165, 1.54) is 19.1 Å². The Morgan fingerprint density at radius 2 is 1.72 bits per heavy atom. The molecule has 29 heavy (non-hydrogen) atoms. The molecule has 156 valence electrons. The molecule has 2 rings (SSSR count). The van der Waals surface area contributed by atoms with Gasteiger partial charge in [0.25, 0.3) is 0 Å². The summed E-state index contributed by atoms with van der Waals surface area (Å²) in [4.78, 5) is 25.0. The maximum Gasteiger partial charge on any atom is 0.408 e. The summed E-state index contributed by atoms with van der Waals surface area (Å²) in [5, 5.41) is 2.47. The van der Waals surface area contributed by atoms with Crippen molar-refractivity contribution in [3.8, 4) is 0 Å². The number of methoxy groups -OCH3 is 1. The molecule has 2 aromatic carbocycles. The van der Waals surface area contributed by atoms with Crippen LogP contribution in [-0.2, 0) is 20.7 Å². The number of hydrogen-bond donors (Lipinski definition) is 1. The number of carbonyl (C=O) groups is 2. The van der Waals surface area contributed by atoms with E-state index in [-0.39, 0.29) is 17.9 Å². The largest absolute Gasteiger partial charge is 0.467 e. The Labute approximate surface area is 169 Å². The van der Waals surface area contributed by atoms with E-state index < -0.39 is 35.3 Å². The van der Waals surface area contributed by atoms with Gasteiger partial charge in [-0.25, -0.2) is 18.4 Å². The summed E-state index contributed by atoms with van der Waals surface area (Å²) in [6, 6.07) is 12.8. The first kappa shape index (κ1) is 22.3. The average molecular weight is 405 g/mol. The van der Waals surface area contributed by atoms with Crippen molar-refractivity contribution in [1.29, 1.82) is 0 Å². The van der Waals surface area contributed by atoms with Crippen LogP contribution in [0.25, 0.3) is 0 Å². The fourth-order valence-electron chi connectivity index (χ4n) is 3.06. The predicted octanol–water partition coefficient (Wildman–Crippen LogP) is 4.56. The summed E-state index contributed by atoms with van der Waals surface area (Å²) in [5.41, 5.74) is -0.922. The van der Waals surface area contributed by atoms with Gasteiger partial charge in [-0.3, -0.25) is 0 Å². The SMILES string of the molecule is COC(=O)[C@@](C)(Cc1cccc(F)c1F)NC(=O)O[C@H](c1ccccc1)C(C)C. The summed E-state index contributed by atoms with van der Waals surface area (Å²) in [6.45, 7) is 5.16. The standard InChI is InChI=1S/C22H25F2NO4/c1-14(2)19(15-9-6-5-7-10-15)29-21(27)25-22(3,20(26)28-4)13-16-11-8-12-17(23)18(16)24/h5-12,14,19H,13H2,1-4H3,(H,25,27)/t19-,22+/m0/s1. The van der Waals surface area contributed by atoms with Crippen molar-refractivity contribution < 1.29 is 27.8 Å². The third kappa shape index (κ3) is 5.53. The first-order valence-electron chi connectivity index (χ1n) is 9.23. The van der Waals surface area contributed by atoms with Crippen molar-refractivity contribution in [2.24, 2.45) is 5.92 Å². The van der Waals surface area contributed by atoms with Crippen molar-refractivity contribution in [2.75, 3.05) is 7.11 Å². The van der Waals surface area contributed by atoms with E-state index in [1.54, 1.807) is 0 Å². The maximum absolute atomic E-state index is 14.1. The van der Waals surface area contributed by atoms with Crippen molar-refractivity contribution in [1.82, 2.24) is 5.32 Å². The first-order chi connectivity index (χ1) is 13.7. The van der Waals surface area contributed by atoms with Crippen LogP contribution < -0.4 is 5.32 Å². The van der Waals surface area contributed by atoms with Crippen LogP contribution in [0.5, 0.6) is 0 Å². The molecule has 0 saturated heterocycles. The normalized spacial score (nSPS) is 14.0. The number of carbonyl (C=O) groups excluding carboxylic acids is 2. The highest BCUT2D eigenvalue weighted by atomic mass is 19.2. The van der Waals surface area contributed by atoms with Crippen LogP contribution >= 0.6 is 0 Å². The number of esters is 1. The van der Waals surface area contributed by atoms with Gasteiger partial charge in [-0.1, -0.05) is 56.3 Å². The smallest absolute Gasteiger partial charge is 0.408 e. The van der Waals surface area contributed by atoms with Crippen LogP contribution in [0.1, 0.15) is 38.0 Å². The molecular weight excluding hydrogens is 380 g/mol. The summed E-state index contributed by atoms with van der Waals surface area (Å²) in [5.74, 6) is -2.96. The average Bonchev–Trinajstić information content (AvgIpc) is 2.69. The number of benzene rings is 2. The van der Waals surface area contributed by atoms with Gasteiger partial charge in [0.1, 0.15) is 11.6 Å². The molecule has 0 fully saturated rings. The molecule has 2 aromatic rings. The van der Waals surface area contributed by atoms with Gasteiger partial charge >= 0.3 is 12.1 Å². The molecule has 0 aliphatic carbocycles. The fraction of sp³-hybridized carbons (Fsp3) is 0.364. The second-order valence-corrected chi connectivity index (χ2v) is 7.32. The quantitative estimate of drug-likeness (QED) is 0.686. The number of amides is 1. The lowest BCUT2D eigenvalue weighted by atomic mass is 9.92. The summed E-state index contributed by atoms with van der Waals surface area (Å²) >= 11 is 0. The van der Waals surface area contributed by atoms with Crippen LogP contribution in [0.2, 0.25) is 0 Å². The summed E-state index contributed by atoms with van der Waals surface area (Å²) in [6.07, 6.45) is -1.72. The first-order valence-corrected chi connectivity index (χ1v) is 9.23. The van der Waals surface area contributed by atoms with Gasteiger partial charge in [-0.15, -0.1) is 0 Å². The van der Waals surface area contributed by atoms with E-state index in [0.29, 0.717) is 0 Å². The number of hydrogen-bond acceptors (Lipinski definition) is 4. The topological polar surface area (TPSA) is 64.6 Å². The van der Waals surface area contributed by atoms with E-state index in [4.69, 9.17) is 9.47 Å². The molecular formula is C22H25F2NO4. The molecule has 0 unspecified atom stereocenters. The van der Waals surface area contributed by atoms with Gasteiger partial charge in [-0.2, -0.15) is 0 Å². The zero-order chi connectivity index (χ0) is 21.6. The van der Waals surface area contributed by atoms with Gasteiger partial charge in [0.15, 0.2) is 11.6 Å². The van der Waals surface area contributed by atoms with Crippen LogP contribution in [-0.4, -0.2) is 24.7 Å². The molecule has 0 aromatic heterocycles. The molecule has 0 bridgehead atoms. The zero-order valence-electron chi connectivity index (χ0n) is 16.9. The van der Waals surface area contributed by atoms with E-state index in [1.807, 2.05) is 44.2 Å². The molecule has 0 radical (unpaired) electrons. The lowest BCUT2D eigenvalue weighted by molar-refractivity contribution is -0.147. The highest BCUT2D eigenvalue weighted by Gasteiger charge is 2.38. The minimum absolute atomic E-state index is 0.0341. The highest BCUT2D eigenvalue weighted by molar-refractivity contribution is 5.85. The van der Waals surface area contributed by atoms with Crippen LogP contribution in [0.3, 0.4) is 0 Å². The summed E-state index contributed by atoms with van der Waals surface area (Å²) < 4.78 is 38.0. The molecule has 1 N–H and O–H groups in total. The molecule has 0 aliphatic heterocycles. The lowest BCUT2D eigenvalue weighted by Crippen LogP contribution is -2.54. The van der Waals surface area contributed by atoms with Crippen molar-refractivity contribution in [2.45, 2.75) is 38.8 Å². The number of halogens is 2. The van der Waals surface area contributed by atoms with E-state index in [0.717, 1.165) is 18.7 Å². The lowest BCUT2D eigenvalue weighted by Gasteiger charge is -2.30. The predicted molar refractivity (Wildman–Crippen MR) is 104 cm³/mol. The molecule has 7 heteroatoms. The molecule has 0 heterocycles. The Morgan fingerprint density at radius 3 is 2.31 bits per heavy atom. The van der Waals surface area contributed by atoms with Gasteiger partial charge in [0.2, 0.25) is 0 Å². The minimum atomic E-state index is -1.65. The number of nitrogens with one attached hydrogen (secondary N) is 1. The third-order valence-electron chi connectivity index (χ3n) is 4.56. The summed E-state index contributed by atoms with van der Waals surface area (Å²) in [7, 11) is 1.15. The molecule has 1 amide bonds. The van der Waals surface area contributed by atoms with Gasteiger partial charge in [0.05, 0.1) is 7.11 Å². The number of alkyl carbamates (subject to hydrolysis) is 1. The number of ether oxygens (including phenoxy) is 2. The van der Waals surface area contributed by atoms with Crippen LogP contribution in [0, 0.1) is 17.6 Å².